The van der Waals surface area contributed by atoms with Crippen LogP contribution in [-0.4, -0.2) is 41.2 Å². The van der Waals surface area contributed by atoms with Crippen LogP contribution >= 0.6 is 0 Å². The molecule has 0 saturated carbocycles. The third kappa shape index (κ3) is 4.74. The summed E-state index contributed by atoms with van der Waals surface area (Å²) in [5.74, 6) is -0.222. The molecule has 0 bridgehead atoms. The van der Waals surface area contributed by atoms with Crippen LogP contribution < -0.4 is 5.43 Å². The highest BCUT2D eigenvalue weighted by molar-refractivity contribution is 6.04. The van der Waals surface area contributed by atoms with Gasteiger partial charge in [0.2, 0.25) is 0 Å². The van der Waals surface area contributed by atoms with Crippen molar-refractivity contribution >= 4 is 18.0 Å². The molecule has 0 fully saturated rings. The number of ether oxygens (including phenoxy) is 2. The van der Waals surface area contributed by atoms with Crippen LogP contribution in [0.1, 0.15) is 55.6 Å². The van der Waals surface area contributed by atoms with Crippen LogP contribution in [0.3, 0.4) is 0 Å². The van der Waals surface area contributed by atoms with Crippen molar-refractivity contribution in [1.82, 2.24) is 10.4 Å². The van der Waals surface area contributed by atoms with Crippen molar-refractivity contribution in [2.45, 2.75) is 65.7 Å². The van der Waals surface area contributed by atoms with Crippen LogP contribution in [0.2, 0.25) is 0 Å². The molecule has 0 spiro atoms. The lowest BCUT2D eigenvalue weighted by Gasteiger charge is -2.33. The van der Waals surface area contributed by atoms with E-state index in [0.29, 0.717) is 18.4 Å². The van der Waals surface area contributed by atoms with E-state index in [1.165, 1.54) is 0 Å². The van der Waals surface area contributed by atoms with E-state index in [1.807, 2.05) is 25.1 Å². The number of carbonyl (C=O) groups is 3. The van der Waals surface area contributed by atoms with Crippen molar-refractivity contribution in [1.29, 1.82) is 0 Å². The molecule has 0 aromatic heterocycles. The molecule has 0 heterocycles. The van der Waals surface area contributed by atoms with E-state index < -0.39 is 18.2 Å². The minimum absolute atomic E-state index is 0.222. The topological polar surface area (TPSA) is 84.9 Å². The zero-order chi connectivity index (χ0) is 19.4. The fraction of sp³-hybridized carbons (Fsp3) is 0.526. The lowest BCUT2D eigenvalue weighted by atomic mass is 9.86. The second-order valence-corrected chi connectivity index (χ2v) is 6.95. The quantitative estimate of drug-likeness (QED) is 0.833. The lowest BCUT2D eigenvalue weighted by molar-refractivity contribution is 0.0279. The van der Waals surface area contributed by atoms with Gasteiger partial charge >= 0.3 is 12.2 Å². The highest BCUT2D eigenvalue weighted by Crippen LogP contribution is 2.25. The summed E-state index contributed by atoms with van der Waals surface area (Å²) in [4.78, 5) is 37.5. The fourth-order valence-electron chi connectivity index (χ4n) is 2.83. The molecule has 2 rings (SSSR count). The number of amides is 2. The van der Waals surface area contributed by atoms with Gasteiger partial charge in [0.05, 0.1) is 12.2 Å². The summed E-state index contributed by atoms with van der Waals surface area (Å²) in [6.07, 6.45) is -1.31. The summed E-state index contributed by atoms with van der Waals surface area (Å²) >= 11 is 0. The number of hydrogen-bond acceptors (Lipinski definition) is 5. The highest BCUT2D eigenvalue weighted by atomic mass is 16.6. The summed E-state index contributed by atoms with van der Waals surface area (Å²) in [7, 11) is 0. The van der Waals surface area contributed by atoms with E-state index in [2.05, 4.69) is 5.43 Å². The summed E-state index contributed by atoms with van der Waals surface area (Å²) in [6, 6.07) is 4.85. The molecule has 26 heavy (non-hydrogen) atoms. The number of ketones is 1. The zero-order valence-electron chi connectivity index (χ0n) is 15.9. The number of carbonyl (C=O) groups excluding carboxylic acids is 3. The SMILES string of the molecule is Cc1ccc2c(c1)C(=O)[C@@H](N(NC(=O)OC(C)C)C(=O)OC(C)C)CC2. The molecule has 7 nitrogen and oxygen atoms in total. The number of hydrogen-bond donors (Lipinski definition) is 1. The molecule has 142 valence electrons. The molecule has 0 aliphatic heterocycles. The molecule has 0 saturated heterocycles. The standard InChI is InChI=1S/C19H26N2O5/c1-11(2)25-18(23)20-21(19(24)26-12(3)4)16-9-8-14-7-6-13(5)10-15(14)17(16)22/h6-7,10-12,16H,8-9H2,1-5H3,(H,20,23)/t16-/m0/s1. The second kappa shape index (κ2) is 8.21. The Morgan fingerprint density at radius 1 is 1.15 bits per heavy atom. The van der Waals surface area contributed by atoms with Gasteiger partial charge in [-0.05, 0) is 59.1 Å². The number of rotatable bonds is 3. The largest absolute Gasteiger partial charge is 0.446 e. The van der Waals surface area contributed by atoms with Gasteiger partial charge in [-0.2, -0.15) is 0 Å². The lowest BCUT2D eigenvalue weighted by Crippen LogP contribution is -2.56. The van der Waals surface area contributed by atoms with Gasteiger partial charge in [0.25, 0.3) is 0 Å². The Kier molecular flexibility index (Phi) is 6.23. The van der Waals surface area contributed by atoms with Crippen LogP contribution in [0.25, 0.3) is 0 Å². The van der Waals surface area contributed by atoms with E-state index in [9.17, 15) is 14.4 Å². The fourth-order valence-corrected chi connectivity index (χ4v) is 2.83. The summed E-state index contributed by atoms with van der Waals surface area (Å²) in [5.41, 5.74) is 4.85. The van der Waals surface area contributed by atoms with Crippen LogP contribution in [0.15, 0.2) is 18.2 Å². The Bertz CT molecular complexity index is 699. The third-order valence-electron chi connectivity index (χ3n) is 3.92. The van der Waals surface area contributed by atoms with Gasteiger partial charge in [-0.25, -0.2) is 20.0 Å². The van der Waals surface area contributed by atoms with Crippen LogP contribution in [0, 0.1) is 6.92 Å². The van der Waals surface area contributed by atoms with Crippen LogP contribution in [0.5, 0.6) is 0 Å². The van der Waals surface area contributed by atoms with Crippen molar-refractivity contribution in [2.75, 3.05) is 0 Å². The molecule has 1 atom stereocenters. The number of aryl methyl sites for hydroxylation is 2. The van der Waals surface area contributed by atoms with E-state index in [0.717, 1.165) is 16.1 Å². The molecule has 7 heteroatoms. The number of Topliss-reactive ketones (excluding diaryl/α,β-unsaturated/α-hetero) is 1. The molecule has 1 aliphatic rings. The first-order valence-corrected chi connectivity index (χ1v) is 8.80. The van der Waals surface area contributed by atoms with Crippen molar-refractivity contribution < 1.29 is 23.9 Å². The summed E-state index contributed by atoms with van der Waals surface area (Å²) < 4.78 is 10.2. The van der Waals surface area contributed by atoms with Crippen molar-refractivity contribution in [3.05, 3.63) is 34.9 Å². The maximum atomic E-state index is 13.0. The molecule has 1 aromatic carbocycles. The first kappa shape index (κ1) is 19.8. The first-order chi connectivity index (χ1) is 12.2. The Labute approximate surface area is 153 Å². The Morgan fingerprint density at radius 2 is 1.81 bits per heavy atom. The van der Waals surface area contributed by atoms with Crippen molar-refractivity contribution in [3.63, 3.8) is 0 Å². The number of benzene rings is 1. The van der Waals surface area contributed by atoms with E-state index in [1.54, 1.807) is 27.7 Å². The second-order valence-electron chi connectivity index (χ2n) is 6.95. The number of nitrogens with zero attached hydrogens (tertiary/aromatic N) is 1. The normalized spacial score (nSPS) is 16.3. The zero-order valence-corrected chi connectivity index (χ0v) is 15.9. The van der Waals surface area contributed by atoms with Crippen molar-refractivity contribution in [2.24, 2.45) is 0 Å². The summed E-state index contributed by atoms with van der Waals surface area (Å²) in [6.45, 7) is 8.69. The Balaban J connectivity index is 2.28. The van der Waals surface area contributed by atoms with Gasteiger partial charge in [0.1, 0.15) is 6.04 Å². The Morgan fingerprint density at radius 3 is 2.42 bits per heavy atom. The van der Waals surface area contributed by atoms with Gasteiger partial charge < -0.3 is 9.47 Å². The average molecular weight is 362 g/mol. The number of fused-ring (bicyclic) bond motifs is 1. The summed E-state index contributed by atoms with van der Waals surface area (Å²) in [5, 5.41) is 0.957. The van der Waals surface area contributed by atoms with E-state index >= 15 is 0 Å². The number of hydrazine groups is 1. The predicted octanol–water partition coefficient (Wildman–Crippen LogP) is 3.39. The molecule has 0 unspecified atom stereocenters. The van der Waals surface area contributed by atoms with Gasteiger partial charge in [0.15, 0.2) is 5.78 Å². The first-order valence-electron chi connectivity index (χ1n) is 8.80. The highest BCUT2D eigenvalue weighted by Gasteiger charge is 2.37. The maximum absolute atomic E-state index is 13.0. The molecule has 1 aromatic rings. The molecule has 2 amide bonds. The average Bonchev–Trinajstić information content (AvgIpc) is 2.52. The van der Waals surface area contributed by atoms with E-state index in [4.69, 9.17) is 9.47 Å². The molecular weight excluding hydrogens is 336 g/mol. The predicted molar refractivity (Wildman–Crippen MR) is 95.8 cm³/mol. The monoisotopic (exact) mass is 362 g/mol. The van der Waals surface area contributed by atoms with Gasteiger partial charge in [0, 0.05) is 5.56 Å². The minimum Gasteiger partial charge on any atom is -0.446 e. The van der Waals surface area contributed by atoms with Crippen LogP contribution in [0.4, 0.5) is 9.59 Å². The van der Waals surface area contributed by atoms with Crippen molar-refractivity contribution in [3.8, 4) is 0 Å². The van der Waals surface area contributed by atoms with Gasteiger partial charge in [-0.3, -0.25) is 4.79 Å². The van der Waals surface area contributed by atoms with Crippen LogP contribution in [-0.2, 0) is 15.9 Å². The van der Waals surface area contributed by atoms with E-state index in [-0.39, 0.29) is 18.0 Å². The smallest absolute Gasteiger partial charge is 0.429 e. The number of nitrogens with one attached hydrogen (secondary N) is 1. The molecular formula is C19H26N2O5. The molecule has 1 aliphatic carbocycles. The molecule has 1 N–H and O–H groups in total. The van der Waals surface area contributed by atoms with Gasteiger partial charge in [-0.1, -0.05) is 17.7 Å². The molecule has 0 radical (unpaired) electrons. The van der Waals surface area contributed by atoms with Gasteiger partial charge in [-0.15, -0.1) is 0 Å². The maximum Gasteiger partial charge on any atom is 0.429 e. The third-order valence-corrected chi connectivity index (χ3v) is 3.92. The Hall–Kier alpha value is -2.57. The minimum atomic E-state index is -0.838.